The molecule has 2 aromatic rings. The lowest BCUT2D eigenvalue weighted by atomic mass is 9.99. The van der Waals surface area contributed by atoms with E-state index in [2.05, 4.69) is 30.3 Å². The van der Waals surface area contributed by atoms with E-state index in [1.165, 1.54) is 10.5 Å². The molecule has 19 heavy (non-hydrogen) atoms. The summed E-state index contributed by atoms with van der Waals surface area (Å²) >= 11 is 8.07. The van der Waals surface area contributed by atoms with Gasteiger partial charge in [0.1, 0.15) is 0 Å². The number of fused-ring (bicyclic) bond motifs is 1. The van der Waals surface area contributed by atoms with Gasteiger partial charge in [-0.15, -0.1) is 11.8 Å². The van der Waals surface area contributed by atoms with Gasteiger partial charge in [0.05, 0.1) is 0 Å². The van der Waals surface area contributed by atoms with Crippen molar-refractivity contribution < 1.29 is 0 Å². The minimum atomic E-state index is 0.0236. The third kappa shape index (κ3) is 2.53. The summed E-state index contributed by atoms with van der Waals surface area (Å²) in [7, 11) is 0. The van der Waals surface area contributed by atoms with Gasteiger partial charge in [-0.2, -0.15) is 0 Å². The fourth-order valence-corrected chi connectivity index (χ4v) is 3.98. The molecule has 1 heterocycles. The molecule has 0 saturated heterocycles. The molecule has 2 aromatic carbocycles. The van der Waals surface area contributed by atoms with Gasteiger partial charge in [0.2, 0.25) is 0 Å². The van der Waals surface area contributed by atoms with Gasteiger partial charge in [-0.05, 0) is 42.2 Å². The number of aryl methyl sites for hydroxylation is 1. The van der Waals surface area contributed by atoms with E-state index < -0.39 is 0 Å². The van der Waals surface area contributed by atoms with Crippen molar-refractivity contribution in [3.8, 4) is 0 Å². The Morgan fingerprint density at radius 2 is 2.05 bits per heavy atom. The van der Waals surface area contributed by atoms with Crippen LogP contribution in [0.2, 0.25) is 5.02 Å². The smallest absolute Gasteiger partial charge is 0.0438 e. The summed E-state index contributed by atoms with van der Waals surface area (Å²) in [5.41, 5.74) is 10.1. The van der Waals surface area contributed by atoms with Crippen LogP contribution in [0.15, 0.2) is 47.4 Å². The van der Waals surface area contributed by atoms with Crippen molar-refractivity contribution in [2.45, 2.75) is 29.5 Å². The highest BCUT2D eigenvalue weighted by molar-refractivity contribution is 8.00. The molecule has 1 nitrogen and oxygen atoms in total. The zero-order chi connectivity index (χ0) is 13.4. The van der Waals surface area contributed by atoms with Gasteiger partial charge < -0.3 is 5.73 Å². The highest BCUT2D eigenvalue weighted by atomic mass is 35.5. The Hall–Kier alpha value is -0.960. The first-order valence-corrected chi connectivity index (χ1v) is 7.67. The molecule has 0 aromatic heterocycles. The highest BCUT2D eigenvalue weighted by Gasteiger charge is 2.28. The lowest BCUT2D eigenvalue weighted by Crippen LogP contribution is -2.23. The zero-order valence-electron chi connectivity index (χ0n) is 10.8. The molecule has 3 rings (SSSR count). The van der Waals surface area contributed by atoms with Gasteiger partial charge in [0, 0.05) is 21.2 Å². The minimum Gasteiger partial charge on any atom is -0.323 e. The maximum absolute atomic E-state index is 6.42. The summed E-state index contributed by atoms with van der Waals surface area (Å²) in [6.07, 6.45) is 1.04. The predicted molar refractivity (Wildman–Crippen MR) is 82.9 cm³/mol. The normalized spacial score (nSPS) is 19.2. The van der Waals surface area contributed by atoms with Gasteiger partial charge in [-0.25, -0.2) is 0 Å². The molecule has 2 unspecified atom stereocenters. The largest absolute Gasteiger partial charge is 0.323 e. The average Bonchev–Trinajstić information content (AvgIpc) is 2.85. The monoisotopic (exact) mass is 289 g/mol. The maximum Gasteiger partial charge on any atom is 0.0438 e. The second-order valence-corrected chi connectivity index (χ2v) is 6.69. The number of nitrogens with two attached hydrogens (primary N) is 1. The fraction of sp³-hybridized carbons (Fsp3) is 0.250. The lowest BCUT2D eigenvalue weighted by molar-refractivity contribution is 0.678. The van der Waals surface area contributed by atoms with Gasteiger partial charge in [-0.3, -0.25) is 0 Å². The van der Waals surface area contributed by atoms with E-state index in [-0.39, 0.29) is 6.04 Å². The minimum absolute atomic E-state index is 0.0236. The molecule has 0 amide bonds. The zero-order valence-corrected chi connectivity index (χ0v) is 12.3. The molecule has 1 aliphatic rings. The number of benzene rings is 2. The number of thioether (sulfide) groups is 1. The predicted octanol–water partition coefficient (Wildman–Crippen LogP) is 4.37. The Balaban J connectivity index is 1.82. The summed E-state index contributed by atoms with van der Waals surface area (Å²) in [5.74, 6) is 0. The Morgan fingerprint density at radius 1 is 1.26 bits per heavy atom. The molecule has 1 aliphatic heterocycles. The van der Waals surface area contributed by atoms with Gasteiger partial charge in [0.15, 0.2) is 0 Å². The molecule has 98 valence electrons. The molecule has 0 spiro atoms. The quantitative estimate of drug-likeness (QED) is 0.889. The van der Waals surface area contributed by atoms with Crippen LogP contribution in [0.4, 0.5) is 0 Å². The first-order valence-electron chi connectivity index (χ1n) is 6.41. The lowest BCUT2D eigenvalue weighted by Gasteiger charge is -2.19. The first kappa shape index (κ1) is 13.0. The molecule has 2 atom stereocenters. The van der Waals surface area contributed by atoms with E-state index in [0.717, 1.165) is 22.6 Å². The van der Waals surface area contributed by atoms with Crippen molar-refractivity contribution in [3.05, 3.63) is 64.2 Å². The summed E-state index contributed by atoms with van der Waals surface area (Å²) in [6.45, 7) is 2.01. The molecule has 3 heteroatoms. The molecule has 2 N–H and O–H groups in total. The maximum atomic E-state index is 6.42. The van der Waals surface area contributed by atoms with Crippen LogP contribution in [0.25, 0.3) is 0 Å². The number of hydrogen-bond acceptors (Lipinski definition) is 2. The van der Waals surface area contributed by atoms with Crippen LogP contribution in [0, 0.1) is 6.92 Å². The summed E-state index contributed by atoms with van der Waals surface area (Å²) < 4.78 is 0. The van der Waals surface area contributed by atoms with Crippen LogP contribution in [0.5, 0.6) is 0 Å². The van der Waals surface area contributed by atoms with Gasteiger partial charge in [-0.1, -0.05) is 41.9 Å². The van der Waals surface area contributed by atoms with Crippen LogP contribution in [0.3, 0.4) is 0 Å². The topological polar surface area (TPSA) is 26.0 Å². The van der Waals surface area contributed by atoms with Crippen LogP contribution >= 0.6 is 23.4 Å². The summed E-state index contributed by atoms with van der Waals surface area (Å²) in [4.78, 5) is 1.36. The first-order chi connectivity index (χ1) is 9.15. The van der Waals surface area contributed by atoms with Crippen LogP contribution in [-0.2, 0) is 6.42 Å². The molecule has 0 saturated carbocycles. The molecular formula is C16H16ClNS. The second-order valence-electron chi connectivity index (χ2n) is 5.00. The van der Waals surface area contributed by atoms with Crippen LogP contribution in [-0.4, -0.2) is 5.25 Å². The van der Waals surface area contributed by atoms with E-state index in [0.29, 0.717) is 5.25 Å². The fourth-order valence-electron chi connectivity index (χ4n) is 2.44. The molecule has 0 aliphatic carbocycles. The van der Waals surface area contributed by atoms with E-state index in [1.807, 2.05) is 30.8 Å². The van der Waals surface area contributed by atoms with Gasteiger partial charge in [0.25, 0.3) is 0 Å². The Morgan fingerprint density at radius 3 is 2.79 bits per heavy atom. The average molecular weight is 290 g/mol. The Kier molecular flexibility index (Phi) is 3.57. The number of halogens is 1. The van der Waals surface area contributed by atoms with E-state index in [4.69, 9.17) is 17.3 Å². The third-order valence-corrected chi connectivity index (χ3v) is 5.48. The SMILES string of the molecule is Cc1ccc(C(N)C2Cc3ccccc3S2)cc1Cl. The number of hydrogen-bond donors (Lipinski definition) is 1. The Labute approximate surface area is 123 Å². The van der Waals surface area contributed by atoms with Crippen molar-refractivity contribution in [1.82, 2.24) is 0 Å². The van der Waals surface area contributed by atoms with E-state index >= 15 is 0 Å². The molecule has 0 fully saturated rings. The van der Waals surface area contributed by atoms with Crippen LogP contribution in [0.1, 0.15) is 22.7 Å². The summed E-state index contributed by atoms with van der Waals surface area (Å²) in [5, 5.41) is 1.20. The van der Waals surface area contributed by atoms with Crippen LogP contribution < -0.4 is 5.73 Å². The molecular weight excluding hydrogens is 274 g/mol. The molecule has 0 bridgehead atoms. The van der Waals surface area contributed by atoms with Gasteiger partial charge >= 0.3 is 0 Å². The van der Waals surface area contributed by atoms with E-state index in [1.54, 1.807) is 0 Å². The van der Waals surface area contributed by atoms with Crippen molar-refractivity contribution in [3.63, 3.8) is 0 Å². The molecule has 0 radical (unpaired) electrons. The van der Waals surface area contributed by atoms with Crippen molar-refractivity contribution >= 4 is 23.4 Å². The van der Waals surface area contributed by atoms with E-state index in [9.17, 15) is 0 Å². The Bertz CT molecular complexity index is 586. The van der Waals surface area contributed by atoms with Crippen molar-refractivity contribution in [1.29, 1.82) is 0 Å². The standard InChI is InChI=1S/C16H16ClNS/c1-10-6-7-12(8-13(10)17)16(18)15-9-11-4-2-3-5-14(11)19-15/h2-8,15-16H,9,18H2,1H3. The van der Waals surface area contributed by atoms with Crippen molar-refractivity contribution in [2.24, 2.45) is 5.73 Å². The second kappa shape index (κ2) is 5.20. The number of rotatable bonds is 2. The highest BCUT2D eigenvalue weighted by Crippen LogP contribution is 2.41. The third-order valence-electron chi connectivity index (χ3n) is 3.65. The van der Waals surface area contributed by atoms with Crippen molar-refractivity contribution in [2.75, 3.05) is 0 Å². The summed E-state index contributed by atoms with van der Waals surface area (Å²) in [6, 6.07) is 14.7.